The molecule has 1 N–H and O–H groups in total. The van der Waals surface area contributed by atoms with Crippen LogP contribution in [0, 0.1) is 3.57 Å². The number of aromatic hydroxyl groups is 1. The van der Waals surface area contributed by atoms with Crippen molar-refractivity contribution in [2.24, 2.45) is 0 Å². The molecule has 0 aliphatic heterocycles. The lowest BCUT2D eigenvalue weighted by Gasteiger charge is -2.04. The Hall–Kier alpha value is -0.290. The van der Waals surface area contributed by atoms with Gasteiger partial charge in [-0.05, 0) is 41.6 Å². The van der Waals surface area contributed by atoms with Crippen LogP contribution in [0.25, 0.3) is 0 Å². The van der Waals surface area contributed by atoms with Crippen LogP contribution >= 0.6 is 34.2 Å². The largest absolute Gasteiger partial charge is 0.506 e. The molecule has 1 rings (SSSR count). The van der Waals surface area contributed by atoms with E-state index in [1.165, 1.54) is 6.92 Å². The topological polar surface area (TPSA) is 37.3 Å². The third-order valence-corrected chi connectivity index (χ3v) is 2.62. The number of Topliss-reactive ketones (excluding diaryl/α,β-unsaturated/α-hetero) is 1. The van der Waals surface area contributed by atoms with Crippen molar-refractivity contribution in [2.45, 2.75) is 6.92 Å². The van der Waals surface area contributed by atoms with E-state index in [1.807, 2.05) is 22.6 Å². The summed E-state index contributed by atoms with van der Waals surface area (Å²) in [5.41, 5.74) is 0.198. The first-order valence-corrected chi connectivity index (χ1v) is 4.67. The van der Waals surface area contributed by atoms with Gasteiger partial charge in [0.05, 0.1) is 14.2 Å². The Balaban J connectivity index is 3.43. The Kier molecular flexibility index (Phi) is 2.95. The summed E-state index contributed by atoms with van der Waals surface area (Å²) in [7, 11) is 0. The molecule has 0 fully saturated rings. The van der Waals surface area contributed by atoms with E-state index in [9.17, 15) is 9.90 Å². The SMILES string of the molecule is CC(=O)c1c(Cl)ccc(I)c1O. The molecule has 0 radical (unpaired) electrons. The molecule has 0 aromatic heterocycles. The van der Waals surface area contributed by atoms with Crippen LogP contribution in [-0.4, -0.2) is 10.9 Å². The number of rotatable bonds is 1. The minimum absolute atomic E-state index is 0.0319. The zero-order chi connectivity index (χ0) is 9.30. The summed E-state index contributed by atoms with van der Waals surface area (Å²) in [6.45, 7) is 1.37. The second-order valence-corrected chi connectivity index (χ2v) is 3.88. The maximum Gasteiger partial charge on any atom is 0.165 e. The fourth-order valence-electron chi connectivity index (χ4n) is 0.876. The molecule has 4 heteroatoms. The average Bonchev–Trinajstić information content (AvgIpc) is 1.97. The molecular formula is C8H6ClIO2. The molecule has 1 aromatic carbocycles. The number of carbonyl (C=O) groups is 1. The standard InChI is InChI=1S/C8H6ClIO2/c1-4(11)7-5(9)2-3-6(10)8(7)12/h2-3,12H,1H3. The molecule has 2 nitrogen and oxygen atoms in total. The van der Waals surface area contributed by atoms with Crippen molar-refractivity contribution in [3.05, 3.63) is 26.3 Å². The van der Waals surface area contributed by atoms with Crippen molar-refractivity contribution in [3.63, 3.8) is 0 Å². The van der Waals surface area contributed by atoms with Crippen molar-refractivity contribution < 1.29 is 9.90 Å². The van der Waals surface area contributed by atoms with Gasteiger partial charge in [-0.25, -0.2) is 0 Å². The van der Waals surface area contributed by atoms with Crippen LogP contribution in [0.5, 0.6) is 5.75 Å². The Morgan fingerprint density at radius 3 is 2.58 bits per heavy atom. The van der Waals surface area contributed by atoms with E-state index < -0.39 is 0 Å². The van der Waals surface area contributed by atoms with Gasteiger partial charge in [-0.1, -0.05) is 11.6 Å². The summed E-state index contributed by atoms with van der Waals surface area (Å²) < 4.78 is 0.627. The van der Waals surface area contributed by atoms with Crippen LogP contribution in [0.4, 0.5) is 0 Å². The van der Waals surface area contributed by atoms with E-state index in [-0.39, 0.29) is 17.1 Å². The Bertz CT molecular complexity index is 336. The molecule has 64 valence electrons. The number of ketones is 1. The van der Waals surface area contributed by atoms with Gasteiger partial charge in [0.25, 0.3) is 0 Å². The lowest BCUT2D eigenvalue weighted by Crippen LogP contribution is -1.95. The molecule has 0 heterocycles. The molecule has 0 aliphatic rings. The zero-order valence-corrected chi connectivity index (χ0v) is 9.18. The first-order valence-electron chi connectivity index (χ1n) is 3.22. The highest BCUT2D eigenvalue weighted by molar-refractivity contribution is 14.1. The highest BCUT2D eigenvalue weighted by atomic mass is 127. The van der Waals surface area contributed by atoms with E-state index in [4.69, 9.17) is 11.6 Å². The summed E-state index contributed by atoms with van der Waals surface area (Å²) >= 11 is 7.65. The van der Waals surface area contributed by atoms with Gasteiger partial charge in [0.15, 0.2) is 5.78 Å². The average molecular weight is 296 g/mol. The van der Waals surface area contributed by atoms with Gasteiger partial charge in [-0.3, -0.25) is 4.79 Å². The van der Waals surface area contributed by atoms with Gasteiger partial charge in [0.1, 0.15) is 5.75 Å². The van der Waals surface area contributed by atoms with E-state index >= 15 is 0 Å². The first-order chi connectivity index (χ1) is 5.54. The number of carbonyl (C=O) groups excluding carboxylic acids is 1. The predicted octanol–water partition coefficient (Wildman–Crippen LogP) is 2.85. The summed E-state index contributed by atoms with van der Waals surface area (Å²) in [6.07, 6.45) is 0. The zero-order valence-electron chi connectivity index (χ0n) is 6.27. The van der Waals surface area contributed by atoms with Crippen LogP contribution in [0.15, 0.2) is 12.1 Å². The summed E-state index contributed by atoms with van der Waals surface area (Å²) in [5, 5.41) is 9.73. The number of hydrogen-bond donors (Lipinski definition) is 1. The van der Waals surface area contributed by atoms with Gasteiger partial charge >= 0.3 is 0 Å². The molecule has 0 saturated heterocycles. The van der Waals surface area contributed by atoms with Crippen molar-refractivity contribution in [1.29, 1.82) is 0 Å². The maximum atomic E-state index is 11.0. The van der Waals surface area contributed by atoms with Gasteiger partial charge in [-0.2, -0.15) is 0 Å². The lowest BCUT2D eigenvalue weighted by molar-refractivity contribution is 0.101. The first kappa shape index (κ1) is 9.80. The van der Waals surface area contributed by atoms with E-state index in [0.29, 0.717) is 8.59 Å². The lowest BCUT2D eigenvalue weighted by atomic mass is 10.1. The van der Waals surface area contributed by atoms with Crippen molar-refractivity contribution >= 4 is 40.0 Å². The molecule has 12 heavy (non-hydrogen) atoms. The Morgan fingerprint density at radius 1 is 1.58 bits per heavy atom. The minimum atomic E-state index is -0.226. The van der Waals surface area contributed by atoms with E-state index in [1.54, 1.807) is 12.1 Å². The van der Waals surface area contributed by atoms with Gasteiger partial charge in [0.2, 0.25) is 0 Å². The maximum absolute atomic E-state index is 11.0. The number of hydrogen-bond acceptors (Lipinski definition) is 2. The third kappa shape index (κ3) is 1.72. The Labute approximate surface area is 88.7 Å². The molecule has 0 atom stereocenters. The van der Waals surface area contributed by atoms with Crippen LogP contribution in [0.3, 0.4) is 0 Å². The normalized spacial score (nSPS) is 9.92. The second-order valence-electron chi connectivity index (χ2n) is 2.31. The van der Waals surface area contributed by atoms with Crippen LogP contribution in [-0.2, 0) is 0 Å². The summed E-state index contributed by atoms with van der Waals surface area (Å²) in [5.74, 6) is -0.258. The fourth-order valence-corrected chi connectivity index (χ4v) is 1.61. The molecule has 0 spiro atoms. The highest BCUT2D eigenvalue weighted by Crippen LogP contribution is 2.30. The number of benzene rings is 1. The second kappa shape index (κ2) is 3.62. The van der Waals surface area contributed by atoms with Crippen molar-refractivity contribution in [2.75, 3.05) is 0 Å². The predicted molar refractivity (Wildman–Crippen MR) is 55.8 cm³/mol. The van der Waals surface area contributed by atoms with Gasteiger partial charge < -0.3 is 5.11 Å². The molecule has 0 unspecified atom stereocenters. The van der Waals surface area contributed by atoms with Crippen molar-refractivity contribution in [3.8, 4) is 5.75 Å². The summed E-state index contributed by atoms with van der Waals surface area (Å²) in [4.78, 5) is 11.0. The molecule has 0 bridgehead atoms. The van der Waals surface area contributed by atoms with Crippen molar-refractivity contribution in [1.82, 2.24) is 0 Å². The minimum Gasteiger partial charge on any atom is -0.506 e. The number of halogens is 2. The fraction of sp³-hybridized carbons (Fsp3) is 0.125. The van der Waals surface area contributed by atoms with E-state index in [2.05, 4.69) is 0 Å². The van der Waals surface area contributed by atoms with E-state index in [0.717, 1.165) is 0 Å². The smallest absolute Gasteiger partial charge is 0.165 e. The quantitative estimate of drug-likeness (QED) is 0.639. The number of phenolic OH excluding ortho intramolecular Hbond substituents is 1. The monoisotopic (exact) mass is 296 g/mol. The molecule has 0 amide bonds. The van der Waals surface area contributed by atoms with Crippen LogP contribution in [0.2, 0.25) is 5.02 Å². The van der Waals surface area contributed by atoms with Crippen LogP contribution in [0.1, 0.15) is 17.3 Å². The third-order valence-electron chi connectivity index (χ3n) is 1.43. The highest BCUT2D eigenvalue weighted by Gasteiger charge is 2.13. The molecule has 1 aromatic rings. The van der Waals surface area contributed by atoms with Gasteiger partial charge in [-0.15, -0.1) is 0 Å². The molecule has 0 aliphatic carbocycles. The summed E-state index contributed by atoms with van der Waals surface area (Å²) in [6, 6.07) is 3.25. The Morgan fingerprint density at radius 2 is 2.17 bits per heavy atom. The molecular weight excluding hydrogens is 290 g/mol. The number of phenols is 1. The molecule has 0 saturated carbocycles. The van der Waals surface area contributed by atoms with Crippen LogP contribution < -0.4 is 0 Å². The van der Waals surface area contributed by atoms with Gasteiger partial charge in [0, 0.05) is 0 Å².